The van der Waals surface area contributed by atoms with Crippen LogP contribution in [0, 0.1) is 21.7 Å². The largest absolute Gasteiger partial charge is 0.351 e. The van der Waals surface area contributed by atoms with Gasteiger partial charge in [0.25, 0.3) is 5.91 Å². The van der Waals surface area contributed by atoms with E-state index in [4.69, 9.17) is 0 Å². The molecule has 0 bridgehead atoms. The average Bonchev–Trinajstić information content (AvgIpc) is 3.24. The van der Waals surface area contributed by atoms with Gasteiger partial charge in [-0.15, -0.1) is 0 Å². The number of carbonyl (C=O) groups is 1. The number of halogens is 2. The molecule has 1 fully saturated rings. The van der Waals surface area contributed by atoms with Crippen LogP contribution in [-0.4, -0.2) is 41.9 Å². The number of amides is 1. The Kier molecular flexibility index (Phi) is 4.46. The lowest BCUT2D eigenvalue weighted by Gasteiger charge is -2.15. The molecule has 0 aliphatic heterocycles. The fraction of sp³-hybridized carbons (Fsp3) is 0.462. The second-order valence-corrected chi connectivity index (χ2v) is 5.01. The molecule has 0 aromatic heterocycles. The Bertz CT molecular complexity index is 576. The highest BCUT2D eigenvalue weighted by Gasteiger charge is 2.26. The van der Waals surface area contributed by atoms with Crippen LogP contribution in [0.5, 0.6) is 0 Å². The van der Waals surface area contributed by atoms with Crippen LogP contribution in [0.15, 0.2) is 12.1 Å². The maximum Gasteiger partial charge on any atom is 0.308 e. The molecular formula is C13H15F2N3O3. The molecule has 0 radical (unpaired) electrons. The molecule has 1 aromatic rings. The van der Waals surface area contributed by atoms with Crippen LogP contribution in [0.1, 0.15) is 23.2 Å². The van der Waals surface area contributed by atoms with Crippen LogP contribution in [0.2, 0.25) is 0 Å². The van der Waals surface area contributed by atoms with Gasteiger partial charge >= 0.3 is 5.69 Å². The second-order valence-electron chi connectivity index (χ2n) is 5.01. The molecule has 1 aliphatic carbocycles. The van der Waals surface area contributed by atoms with Gasteiger partial charge in [-0.1, -0.05) is 0 Å². The summed E-state index contributed by atoms with van der Waals surface area (Å²) in [5.74, 6) is -3.21. The van der Waals surface area contributed by atoms with Crippen LogP contribution in [0.3, 0.4) is 0 Å². The third-order valence-corrected chi connectivity index (χ3v) is 3.38. The molecule has 21 heavy (non-hydrogen) atoms. The summed E-state index contributed by atoms with van der Waals surface area (Å²) in [6, 6.07) is 1.63. The molecule has 0 saturated heterocycles. The van der Waals surface area contributed by atoms with Crippen molar-refractivity contribution in [3.8, 4) is 0 Å². The Morgan fingerprint density at radius 1 is 1.48 bits per heavy atom. The first-order valence-electron chi connectivity index (χ1n) is 6.52. The highest BCUT2D eigenvalue weighted by molar-refractivity contribution is 5.95. The third-order valence-electron chi connectivity index (χ3n) is 3.38. The lowest BCUT2D eigenvalue weighted by Crippen LogP contribution is -2.34. The first-order chi connectivity index (χ1) is 9.90. The van der Waals surface area contributed by atoms with Gasteiger partial charge in [0, 0.05) is 19.1 Å². The first kappa shape index (κ1) is 15.3. The second kappa shape index (κ2) is 6.13. The van der Waals surface area contributed by atoms with Crippen molar-refractivity contribution in [1.82, 2.24) is 10.2 Å². The normalized spacial score (nSPS) is 14.3. The first-order valence-corrected chi connectivity index (χ1v) is 6.52. The van der Waals surface area contributed by atoms with Gasteiger partial charge in [-0.3, -0.25) is 14.9 Å². The lowest BCUT2D eigenvalue weighted by molar-refractivity contribution is -0.387. The minimum atomic E-state index is -1.32. The minimum absolute atomic E-state index is 0.260. The molecule has 0 spiro atoms. The number of hydrogen-bond acceptors (Lipinski definition) is 4. The van der Waals surface area contributed by atoms with Crippen molar-refractivity contribution in [1.29, 1.82) is 0 Å². The zero-order valence-corrected chi connectivity index (χ0v) is 11.4. The predicted molar refractivity (Wildman–Crippen MR) is 71.0 cm³/mol. The highest BCUT2D eigenvalue weighted by atomic mass is 19.1. The van der Waals surface area contributed by atoms with Gasteiger partial charge in [-0.2, -0.15) is 4.39 Å². The third kappa shape index (κ3) is 3.72. The van der Waals surface area contributed by atoms with Gasteiger partial charge in [0.15, 0.2) is 0 Å². The molecule has 114 valence electrons. The molecule has 8 heteroatoms. The van der Waals surface area contributed by atoms with Crippen molar-refractivity contribution in [2.24, 2.45) is 0 Å². The number of benzene rings is 1. The van der Waals surface area contributed by atoms with Gasteiger partial charge in [-0.25, -0.2) is 4.39 Å². The molecule has 0 unspecified atom stereocenters. The highest BCUT2D eigenvalue weighted by Crippen LogP contribution is 2.25. The summed E-state index contributed by atoms with van der Waals surface area (Å²) in [5, 5.41) is 13.0. The standard InChI is InChI=1S/C13H15F2N3O3/c1-17(9-2-3-9)5-4-16-13(19)10-6-8(14)7-11(12(10)15)18(20)21/h6-7,9H,2-5H2,1H3,(H,16,19). The van der Waals surface area contributed by atoms with E-state index in [1.165, 1.54) is 0 Å². The van der Waals surface area contributed by atoms with E-state index in [0.29, 0.717) is 24.7 Å². The topological polar surface area (TPSA) is 75.5 Å². The summed E-state index contributed by atoms with van der Waals surface area (Å²) in [4.78, 5) is 23.4. The van der Waals surface area contributed by atoms with Crippen molar-refractivity contribution in [2.75, 3.05) is 20.1 Å². The Morgan fingerprint density at radius 3 is 2.71 bits per heavy atom. The molecule has 1 amide bonds. The number of nitrogens with zero attached hydrogens (tertiary/aromatic N) is 2. The molecular weight excluding hydrogens is 284 g/mol. The smallest absolute Gasteiger partial charge is 0.308 e. The van der Waals surface area contributed by atoms with E-state index in [2.05, 4.69) is 10.2 Å². The van der Waals surface area contributed by atoms with Gasteiger partial charge in [-0.05, 0) is 26.0 Å². The monoisotopic (exact) mass is 299 g/mol. The van der Waals surface area contributed by atoms with Crippen LogP contribution in [0.4, 0.5) is 14.5 Å². The number of carbonyl (C=O) groups excluding carboxylic acids is 1. The van der Waals surface area contributed by atoms with Crippen LogP contribution in [0.25, 0.3) is 0 Å². The SMILES string of the molecule is CN(CCNC(=O)c1cc(F)cc([N+](=O)[O-])c1F)C1CC1. The Balaban J connectivity index is 2.02. The average molecular weight is 299 g/mol. The maximum atomic E-state index is 13.8. The van der Waals surface area contributed by atoms with E-state index in [1.807, 2.05) is 7.05 Å². The van der Waals surface area contributed by atoms with Crippen molar-refractivity contribution in [3.63, 3.8) is 0 Å². The molecule has 1 saturated carbocycles. The molecule has 1 N–H and O–H groups in total. The fourth-order valence-electron chi connectivity index (χ4n) is 2.01. The summed E-state index contributed by atoms with van der Waals surface area (Å²) in [6.07, 6.45) is 2.24. The van der Waals surface area contributed by atoms with Crippen molar-refractivity contribution < 1.29 is 18.5 Å². The summed E-state index contributed by atoms with van der Waals surface area (Å²) in [6.45, 7) is 0.838. The number of hydrogen-bond donors (Lipinski definition) is 1. The van der Waals surface area contributed by atoms with E-state index in [1.54, 1.807) is 0 Å². The lowest BCUT2D eigenvalue weighted by atomic mass is 10.1. The molecule has 0 heterocycles. The Labute approximate surface area is 119 Å². The van der Waals surface area contributed by atoms with E-state index < -0.39 is 33.7 Å². The summed E-state index contributed by atoms with van der Waals surface area (Å²) >= 11 is 0. The zero-order valence-electron chi connectivity index (χ0n) is 11.4. The maximum absolute atomic E-state index is 13.8. The van der Waals surface area contributed by atoms with E-state index in [9.17, 15) is 23.7 Å². The summed E-state index contributed by atoms with van der Waals surface area (Å²) in [5.41, 5.74) is -1.70. The number of nitro groups is 1. The molecule has 1 aliphatic rings. The molecule has 1 aromatic carbocycles. The fourth-order valence-corrected chi connectivity index (χ4v) is 2.01. The quantitative estimate of drug-likeness (QED) is 0.641. The van der Waals surface area contributed by atoms with E-state index >= 15 is 0 Å². The van der Waals surface area contributed by atoms with Crippen molar-refractivity contribution in [2.45, 2.75) is 18.9 Å². The van der Waals surface area contributed by atoms with E-state index in [-0.39, 0.29) is 6.54 Å². The van der Waals surface area contributed by atoms with Gasteiger partial charge < -0.3 is 10.2 Å². The van der Waals surface area contributed by atoms with E-state index in [0.717, 1.165) is 12.8 Å². The van der Waals surface area contributed by atoms with Crippen LogP contribution in [-0.2, 0) is 0 Å². The van der Waals surface area contributed by atoms with Crippen molar-refractivity contribution >= 4 is 11.6 Å². The van der Waals surface area contributed by atoms with Crippen LogP contribution < -0.4 is 5.32 Å². The minimum Gasteiger partial charge on any atom is -0.351 e. The van der Waals surface area contributed by atoms with Crippen molar-refractivity contribution in [3.05, 3.63) is 39.4 Å². The number of nitro benzene ring substituents is 1. The zero-order chi connectivity index (χ0) is 15.6. The number of likely N-dealkylation sites (N-methyl/N-ethyl adjacent to an activating group) is 1. The Hall–Kier alpha value is -2.09. The Morgan fingerprint density at radius 2 is 2.14 bits per heavy atom. The number of nitrogens with one attached hydrogen (secondary N) is 1. The van der Waals surface area contributed by atoms with Gasteiger partial charge in [0.2, 0.25) is 5.82 Å². The molecule has 2 rings (SSSR count). The van der Waals surface area contributed by atoms with Gasteiger partial charge in [0.05, 0.1) is 16.6 Å². The van der Waals surface area contributed by atoms with Gasteiger partial charge in [0.1, 0.15) is 5.82 Å². The molecule has 6 nitrogen and oxygen atoms in total. The summed E-state index contributed by atoms with van der Waals surface area (Å²) < 4.78 is 27.0. The number of rotatable bonds is 6. The van der Waals surface area contributed by atoms with Crippen LogP contribution >= 0.6 is 0 Å². The molecule has 0 atom stereocenters. The summed E-state index contributed by atoms with van der Waals surface area (Å²) in [7, 11) is 1.91. The predicted octanol–water partition coefficient (Wildman–Crippen LogP) is 1.70.